The average molecular weight is 381 g/mol. The van der Waals surface area contributed by atoms with E-state index in [1.54, 1.807) is 6.08 Å². The van der Waals surface area contributed by atoms with Crippen LogP contribution in [0.1, 0.15) is 52.4 Å². The van der Waals surface area contributed by atoms with E-state index in [2.05, 4.69) is 0 Å². The van der Waals surface area contributed by atoms with Gasteiger partial charge >= 0.3 is 0 Å². The first-order chi connectivity index (χ1) is 12.2. The highest BCUT2D eigenvalue weighted by atomic mass is 35.5. The Morgan fingerprint density at radius 2 is 2.08 bits per heavy atom. The van der Waals surface area contributed by atoms with Gasteiger partial charge in [0.15, 0.2) is 11.6 Å². The zero-order chi connectivity index (χ0) is 18.9. The summed E-state index contributed by atoms with van der Waals surface area (Å²) in [4.78, 5) is 24.2. The van der Waals surface area contributed by atoms with Gasteiger partial charge in [0.05, 0.1) is 12.0 Å². The van der Waals surface area contributed by atoms with E-state index in [0.29, 0.717) is 37.7 Å². The fourth-order valence-corrected chi connectivity index (χ4v) is 6.79. The number of ketones is 2. The van der Waals surface area contributed by atoms with Crippen LogP contribution in [0.4, 0.5) is 4.39 Å². The van der Waals surface area contributed by atoms with Gasteiger partial charge in [-0.1, -0.05) is 25.5 Å². The van der Waals surface area contributed by atoms with Crippen LogP contribution in [0, 0.1) is 22.7 Å². The summed E-state index contributed by atoms with van der Waals surface area (Å²) in [5.41, 5.74) is -1.55. The van der Waals surface area contributed by atoms with Crippen molar-refractivity contribution >= 4 is 23.2 Å². The van der Waals surface area contributed by atoms with Crippen LogP contribution < -0.4 is 0 Å². The molecule has 0 aromatic heterocycles. The van der Waals surface area contributed by atoms with Gasteiger partial charge in [-0.25, -0.2) is 4.39 Å². The van der Waals surface area contributed by atoms with Crippen molar-refractivity contribution in [1.82, 2.24) is 0 Å². The third kappa shape index (κ3) is 2.09. The first kappa shape index (κ1) is 18.4. The number of allylic oxidation sites excluding steroid dienone is 4. The Labute approximate surface area is 158 Å². The molecule has 2 saturated carbocycles. The van der Waals surface area contributed by atoms with Crippen molar-refractivity contribution in [2.24, 2.45) is 22.7 Å². The summed E-state index contributed by atoms with van der Waals surface area (Å²) in [7, 11) is 0. The number of rotatable bonds is 2. The minimum atomic E-state index is -1.75. The van der Waals surface area contributed by atoms with Gasteiger partial charge < -0.3 is 5.11 Å². The lowest BCUT2D eigenvalue weighted by Crippen LogP contribution is -2.67. The van der Waals surface area contributed by atoms with Crippen LogP contribution in [0.25, 0.3) is 0 Å². The predicted octanol–water partition coefficient (Wildman–Crippen LogP) is 3.93. The van der Waals surface area contributed by atoms with Gasteiger partial charge in [-0.2, -0.15) is 0 Å². The molecule has 26 heavy (non-hydrogen) atoms. The number of aliphatic hydroxyl groups is 1. The summed E-state index contributed by atoms with van der Waals surface area (Å²) in [6.07, 6.45) is 5.37. The van der Waals surface area contributed by atoms with Crippen LogP contribution in [-0.4, -0.2) is 34.3 Å². The smallest absolute Gasteiger partial charge is 0.173 e. The number of hydrogen-bond donors (Lipinski definition) is 1. The van der Waals surface area contributed by atoms with Gasteiger partial charge in [0.1, 0.15) is 5.67 Å². The van der Waals surface area contributed by atoms with E-state index in [4.69, 9.17) is 11.6 Å². The molecule has 0 unspecified atom stereocenters. The molecule has 3 nitrogen and oxygen atoms in total. The monoisotopic (exact) mass is 380 g/mol. The summed E-state index contributed by atoms with van der Waals surface area (Å²) >= 11 is 5.79. The molecule has 2 fully saturated rings. The lowest BCUT2D eigenvalue weighted by Gasteiger charge is -2.62. The molecule has 0 amide bonds. The number of halogens is 2. The van der Waals surface area contributed by atoms with Gasteiger partial charge in [0.25, 0.3) is 0 Å². The SMILES string of the molecule is C[C@]12CCC(=O)C=C1CC[C@H]1[C@@H]3CC=C(C(=O)CCl)[C@@]3(C)C[C@@H](O)[C@@]12F. The van der Waals surface area contributed by atoms with Gasteiger partial charge in [0, 0.05) is 23.2 Å². The number of carbonyl (C=O) groups excluding carboxylic acids is 2. The average Bonchev–Trinajstić information content (AvgIpc) is 2.93. The predicted molar refractivity (Wildman–Crippen MR) is 97.6 cm³/mol. The molecular formula is C21H26ClFO3. The first-order valence-corrected chi connectivity index (χ1v) is 10.1. The Morgan fingerprint density at radius 3 is 2.77 bits per heavy atom. The Morgan fingerprint density at radius 1 is 1.35 bits per heavy atom. The molecule has 0 heterocycles. The molecule has 0 aromatic carbocycles. The maximum Gasteiger partial charge on any atom is 0.173 e. The maximum absolute atomic E-state index is 16.7. The zero-order valence-electron chi connectivity index (χ0n) is 15.4. The highest BCUT2D eigenvalue weighted by Crippen LogP contribution is 2.68. The number of alkyl halides is 2. The summed E-state index contributed by atoms with van der Waals surface area (Å²) < 4.78 is 16.7. The number of carbonyl (C=O) groups is 2. The van der Waals surface area contributed by atoms with E-state index >= 15 is 4.39 Å². The van der Waals surface area contributed by atoms with E-state index in [0.717, 1.165) is 5.57 Å². The third-order valence-electron chi connectivity index (χ3n) is 8.04. The summed E-state index contributed by atoms with van der Waals surface area (Å²) in [6, 6.07) is 0. The fourth-order valence-electron chi connectivity index (χ4n) is 6.65. The minimum Gasteiger partial charge on any atom is -0.390 e. The van der Waals surface area contributed by atoms with Crippen LogP contribution >= 0.6 is 11.6 Å². The van der Waals surface area contributed by atoms with E-state index in [1.165, 1.54) is 0 Å². The minimum absolute atomic E-state index is 0.00549. The molecule has 4 rings (SSSR count). The van der Waals surface area contributed by atoms with Crippen LogP contribution in [-0.2, 0) is 9.59 Å². The maximum atomic E-state index is 16.7. The number of Topliss-reactive ketones (excluding diaryl/α,β-unsaturated/α-hetero) is 1. The lowest BCUT2D eigenvalue weighted by molar-refractivity contribution is -0.200. The molecule has 0 radical (unpaired) electrons. The Bertz CT molecular complexity index is 744. The largest absolute Gasteiger partial charge is 0.390 e. The molecule has 6 atom stereocenters. The Hall–Kier alpha value is -1.00. The van der Waals surface area contributed by atoms with Crippen molar-refractivity contribution in [1.29, 1.82) is 0 Å². The third-order valence-corrected chi connectivity index (χ3v) is 8.29. The van der Waals surface area contributed by atoms with Crippen molar-refractivity contribution in [2.45, 2.75) is 64.1 Å². The number of fused-ring (bicyclic) bond motifs is 5. The van der Waals surface area contributed by atoms with E-state index in [1.807, 2.05) is 19.9 Å². The number of aliphatic hydroxyl groups excluding tert-OH is 1. The van der Waals surface area contributed by atoms with Gasteiger partial charge in [-0.05, 0) is 49.7 Å². The summed E-state index contributed by atoms with van der Waals surface area (Å²) in [6.45, 7) is 3.87. The standard InChI is InChI=1S/C21H26ClFO3/c1-19-10-18(26)21(23)15(14(19)5-6-16(19)17(25)11-22)4-3-12-9-13(24)7-8-20(12,21)2/h6,9,14-15,18,26H,3-5,7-8,10-11H2,1-2H3/t14-,15-,18+,19-,20-,21-/m0/s1. The second kappa shape index (κ2) is 5.75. The number of hydrogen-bond acceptors (Lipinski definition) is 3. The molecule has 4 aliphatic carbocycles. The van der Waals surface area contributed by atoms with Crippen LogP contribution in [0.2, 0.25) is 0 Å². The molecule has 0 saturated heterocycles. The summed E-state index contributed by atoms with van der Waals surface area (Å²) in [5.74, 6) is -0.451. The molecule has 142 valence electrons. The fraction of sp³-hybridized carbons (Fsp3) is 0.714. The molecule has 0 spiro atoms. The summed E-state index contributed by atoms with van der Waals surface area (Å²) in [5, 5.41) is 11.1. The second-order valence-electron chi connectivity index (χ2n) is 9.04. The van der Waals surface area contributed by atoms with Crippen molar-refractivity contribution in [3.8, 4) is 0 Å². The van der Waals surface area contributed by atoms with Crippen LogP contribution in [0.3, 0.4) is 0 Å². The van der Waals surface area contributed by atoms with E-state index in [-0.39, 0.29) is 35.7 Å². The van der Waals surface area contributed by atoms with E-state index < -0.39 is 22.6 Å². The normalized spacial score (nSPS) is 47.4. The molecule has 4 aliphatic rings. The van der Waals surface area contributed by atoms with Crippen molar-refractivity contribution in [2.75, 3.05) is 5.88 Å². The van der Waals surface area contributed by atoms with Crippen LogP contribution in [0.15, 0.2) is 23.3 Å². The molecule has 5 heteroatoms. The highest BCUT2D eigenvalue weighted by Gasteiger charge is 2.70. The van der Waals surface area contributed by atoms with Gasteiger partial charge in [-0.15, -0.1) is 11.6 Å². The Balaban J connectivity index is 1.77. The zero-order valence-corrected chi connectivity index (χ0v) is 16.1. The van der Waals surface area contributed by atoms with E-state index in [9.17, 15) is 14.7 Å². The second-order valence-corrected chi connectivity index (χ2v) is 9.30. The quantitative estimate of drug-likeness (QED) is 0.738. The first-order valence-electron chi connectivity index (χ1n) is 9.59. The lowest BCUT2D eigenvalue weighted by atomic mass is 9.44. The van der Waals surface area contributed by atoms with Crippen LogP contribution in [0.5, 0.6) is 0 Å². The van der Waals surface area contributed by atoms with Crippen molar-refractivity contribution in [3.05, 3.63) is 23.3 Å². The van der Waals surface area contributed by atoms with Crippen molar-refractivity contribution < 1.29 is 19.1 Å². The molecular weight excluding hydrogens is 355 g/mol. The topological polar surface area (TPSA) is 54.4 Å². The molecule has 0 aliphatic heterocycles. The van der Waals surface area contributed by atoms with Crippen molar-refractivity contribution in [3.63, 3.8) is 0 Å². The van der Waals surface area contributed by atoms with Gasteiger partial charge in [-0.3, -0.25) is 9.59 Å². The Kier molecular flexibility index (Phi) is 4.06. The molecule has 0 bridgehead atoms. The highest BCUT2D eigenvalue weighted by molar-refractivity contribution is 6.30. The molecule has 1 N–H and O–H groups in total. The van der Waals surface area contributed by atoms with Gasteiger partial charge in [0.2, 0.25) is 0 Å². The molecule has 0 aromatic rings.